The van der Waals surface area contributed by atoms with Crippen LogP contribution in [0.4, 0.5) is 20.9 Å². The number of hydrogen-bond donors (Lipinski definition) is 2. The number of benzene rings is 2. The molecule has 0 unspecified atom stereocenters. The van der Waals surface area contributed by atoms with Gasteiger partial charge in [0.25, 0.3) is 5.91 Å². The van der Waals surface area contributed by atoms with Gasteiger partial charge in [0.1, 0.15) is 11.5 Å². The van der Waals surface area contributed by atoms with Crippen molar-refractivity contribution in [2.24, 2.45) is 0 Å². The molecule has 1 heterocycles. The van der Waals surface area contributed by atoms with E-state index >= 15 is 0 Å². The standard InChI is InChI=1S/C20H19FN4O2S/c1-13-4-3-5-16(10-13)23-20-24-17(12-28-20)19(27)25(2)11-18(26)22-15-8-6-14(21)7-9-15/h3-10,12H,11H2,1-2H3,(H,22,26)(H,23,24). The van der Waals surface area contributed by atoms with Crippen LogP contribution in [-0.2, 0) is 4.79 Å². The number of aromatic nitrogens is 1. The quantitative estimate of drug-likeness (QED) is 0.657. The van der Waals surface area contributed by atoms with E-state index in [0.717, 1.165) is 11.3 Å². The molecule has 0 radical (unpaired) electrons. The van der Waals surface area contributed by atoms with Crippen LogP contribution in [0.5, 0.6) is 0 Å². The molecular weight excluding hydrogens is 379 g/mol. The summed E-state index contributed by atoms with van der Waals surface area (Å²) in [4.78, 5) is 30.2. The van der Waals surface area contributed by atoms with Crippen LogP contribution in [0.3, 0.4) is 0 Å². The molecule has 0 saturated heterocycles. The molecule has 6 nitrogen and oxygen atoms in total. The summed E-state index contributed by atoms with van der Waals surface area (Å²) in [6.45, 7) is 1.85. The van der Waals surface area contributed by atoms with Gasteiger partial charge in [-0.25, -0.2) is 9.37 Å². The Kier molecular flexibility index (Phi) is 6.00. The Balaban J connectivity index is 1.58. The van der Waals surface area contributed by atoms with Gasteiger partial charge in [0.15, 0.2) is 5.13 Å². The van der Waals surface area contributed by atoms with Crippen LogP contribution in [0, 0.1) is 12.7 Å². The summed E-state index contributed by atoms with van der Waals surface area (Å²) < 4.78 is 12.9. The van der Waals surface area contributed by atoms with Gasteiger partial charge in [0.05, 0.1) is 6.54 Å². The van der Waals surface area contributed by atoms with Gasteiger partial charge >= 0.3 is 0 Å². The third kappa shape index (κ3) is 5.14. The minimum absolute atomic E-state index is 0.144. The van der Waals surface area contributed by atoms with Crippen LogP contribution in [0.15, 0.2) is 53.9 Å². The van der Waals surface area contributed by atoms with Gasteiger partial charge < -0.3 is 15.5 Å². The van der Waals surface area contributed by atoms with Gasteiger partial charge in [-0.05, 0) is 48.9 Å². The summed E-state index contributed by atoms with van der Waals surface area (Å²) in [5.41, 5.74) is 2.73. The molecule has 0 spiro atoms. The smallest absolute Gasteiger partial charge is 0.273 e. The lowest BCUT2D eigenvalue weighted by Gasteiger charge is -2.15. The monoisotopic (exact) mass is 398 g/mol. The average Bonchev–Trinajstić information content (AvgIpc) is 3.11. The Morgan fingerprint density at radius 3 is 2.61 bits per heavy atom. The van der Waals surface area contributed by atoms with E-state index in [1.165, 1.54) is 47.5 Å². The van der Waals surface area contributed by atoms with Gasteiger partial charge in [-0.3, -0.25) is 9.59 Å². The number of carbonyl (C=O) groups is 2. The maximum absolute atomic E-state index is 12.9. The van der Waals surface area contributed by atoms with Crippen molar-refractivity contribution in [3.8, 4) is 0 Å². The fourth-order valence-electron chi connectivity index (χ4n) is 2.49. The summed E-state index contributed by atoms with van der Waals surface area (Å²) in [6, 6.07) is 13.2. The van der Waals surface area contributed by atoms with Crippen molar-refractivity contribution in [1.82, 2.24) is 9.88 Å². The second-order valence-electron chi connectivity index (χ2n) is 6.25. The fraction of sp³-hybridized carbons (Fsp3) is 0.150. The predicted molar refractivity (Wildman–Crippen MR) is 109 cm³/mol. The Morgan fingerprint density at radius 2 is 1.89 bits per heavy atom. The zero-order valence-corrected chi connectivity index (χ0v) is 16.2. The van der Waals surface area contributed by atoms with Crippen molar-refractivity contribution >= 4 is 39.7 Å². The first-order valence-electron chi connectivity index (χ1n) is 8.51. The summed E-state index contributed by atoms with van der Waals surface area (Å²) >= 11 is 1.31. The minimum Gasteiger partial charge on any atom is -0.332 e. The van der Waals surface area contributed by atoms with Crippen molar-refractivity contribution in [3.63, 3.8) is 0 Å². The molecule has 1 aromatic heterocycles. The maximum Gasteiger partial charge on any atom is 0.273 e. The molecule has 3 aromatic rings. The first-order valence-corrected chi connectivity index (χ1v) is 9.39. The molecule has 2 N–H and O–H groups in total. The van der Waals surface area contributed by atoms with Crippen LogP contribution < -0.4 is 10.6 Å². The van der Waals surface area contributed by atoms with Crippen molar-refractivity contribution in [1.29, 1.82) is 0 Å². The number of likely N-dealkylation sites (N-methyl/N-ethyl adjacent to an activating group) is 1. The second-order valence-corrected chi connectivity index (χ2v) is 7.11. The molecule has 0 aliphatic heterocycles. The van der Waals surface area contributed by atoms with E-state index in [0.29, 0.717) is 10.8 Å². The highest BCUT2D eigenvalue weighted by atomic mass is 32.1. The van der Waals surface area contributed by atoms with Gasteiger partial charge in [-0.2, -0.15) is 0 Å². The van der Waals surface area contributed by atoms with Crippen molar-refractivity contribution in [2.75, 3.05) is 24.2 Å². The Morgan fingerprint density at radius 1 is 1.14 bits per heavy atom. The van der Waals surface area contributed by atoms with Crippen LogP contribution in [0.2, 0.25) is 0 Å². The summed E-state index contributed by atoms with van der Waals surface area (Å²) in [5.74, 6) is -1.12. The van der Waals surface area contributed by atoms with E-state index in [9.17, 15) is 14.0 Å². The number of amides is 2. The van der Waals surface area contributed by atoms with Crippen LogP contribution in [0.25, 0.3) is 0 Å². The number of rotatable bonds is 6. The first-order chi connectivity index (χ1) is 13.4. The second kappa shape index (κ2) is 8.62. The Bertz CT molecular complexity index is 988. The van der Waals surface area contributed by atoms with Crippen molar-refractivity contribution in [3.05, 3.63) is 71.0 Å². The molecule has 0 atom stereocenters. The van der Waals surface area contributed by atoms with E-state index < -0.39 is 0 Å². The molecule has 0 aliphatic carbocycles. The van der Waals surface area contributed by atoms with E-state index in [4.69, 9.17) is 0 Å². The third-order valence-corrected chi connectivity index (χ3v) is 4.61. The van der Waals surface area contributed by atoms with Gasteiger partial charge in [0.2, 0.25) is 5.91 Å². The number of hydrogen-bond acceptors (Lipinski definition) is 5. The number of carbonyl (C=O) groups excluding carboxylic acids is 2. The van der Waals surface area contributed by atoms with Crippen molar-refractivity contribution in [2.45, 2.75) is 6.92 Å². The first kappa shape index (κ1) is 19.5. The highest BCUT2D eigenvalue weighted by Crippen LogP contribution is 2.22. The minimum atomic E-state index is -0.385. The zero-order valence-electron chi connectivity index (χ0n) is 15.4. The Labute approximate surface area is 166 Å². The molecule has 28 heavy (non-hydrogen) atoms. The van der Waals surface area contributed by atoms with E-state index in [1.54, 1.807) is 5.38 Å². The average molecular weight is 398 g/mol. The molecule has 0 aliphatic rings. The maximum atomic E-state index is 12.9. The number of halogens is 1. The van der Waals surface area contributed by atoms with Crippen LogP contribution in [0.1, 0.15) is 16.1 Å². The van der Waals surface area contributed by atoms with Gasteiger partial charge in [-0.15, -0.1) is 11.3 Å². The van der Waals surface area contributed by atoms with Crippen LogP contribution >= 0.6 is 11.3 Å². The molecule has 2 amide bonds. The normalized spacial score (nSPS) is 10.4. The lowest BCUT2D eigenvalue weighted by molar-refractivity contribution is -0.116. The molecule has 2 aromatic carbocycles. The number of anilines is 3. The zero-order chi connectivity index (χ0) is 20.1. The highest BCUT2D eigenvalue weighted by Gasteiger charge is 2.18. The molecule has 144 valence electrons. The number of nitrogens with one attached hydrogen (secondary N) is 2. The SMILES string of the molecule is Cc1cccc(Nc2nc(C(=O)N(C)CC(=O)Nc3ccc(F)cc3)cs2)c1. The topological polar surface area (TPSA) is 74.3 Å². The molecular formula is C20H19FN4O2S. The molecule has 0 bridgehead atoms. The number of aryl methyl sites for hydroxylation is 1. The predicted octanol–water partition coefficient (Wildman–Crippen LogP) is 4.04. The molecule has 3 rings (SSSR count). The third-order valence-electron chi connectivity index (χ3n) is 3.85. The molecule has 0 fully saturated rings. The van der Waals surface area contributed by atoms with E-state index in [-0.39, 0.29) is 29.9 Å². The lowest BCUT2D eigenvalue weighted by Crippen LogP contribution is -2.35. The fourth-order valence-corrected chi connectivity index (χ4v) is 3.20. The van der Waals surface area contributed by atoms with Crippen molar-refractivity contribution < 1.29 is 14.0 Å². The van der Waals surface area contributed by atoms with Gasteiger partial charge in [-0.1, -0.05) is 12.1 Å². The lowest BCUT2D eigenvalue weighted by atomic mass is 10.2. The molecule has 0 saturated carbocycles. The summed E-state index contributed by atoms with van der Waals surface area (Å²) in [7, 11) is 1.53. The van der Waals surface area contributed by atoms with E-state index in [2.05, 4.69) is 15.6 Å². The molecule has 8 heteroatoms. The van der Waals surface area contributed by atoms with E-state index in [1.807, 2.05) is 31.2 Å². The Hall–Kier alpha value is -3.26. The largest absolute Gasteiger partial charge is 0.332 e. The van der Waals surface area contributed by atoms with Gasteiger partial charge in [0, 0.05) is 23.8 Å². The number of thiazole rings is 1. The number of nitrogens with zero attached hydrogens (tertiary/aromatic N) is 2. The highest BCUT2D eigenvalue weighted by molar-refractivity contribution is 7.14. The summed E-state index contributed by atoms with van der Waals surface area (Å²) in [5, 5.41) is 8.03. The summed E-state index contributed by atoms with van der Waals surface area (Å²) in [6.07, 6.45) is 0. The van der Waals surface area contributed by atoms with Crippen LogP contribution in [-0.4, -0.2) is 35.3 Å².